The maximum Gasteiger partial charge on any atom is 0.220 e. The van der Waals surface area contributed by atoms with Crippen molar-refractivity contribution < 1.29 is 89.4 Å². The maximum atomic E-state index is 13.2. The molecule has 3 aliphatic rings. The number of amides is 1. The van der Waals surface area contributed by atoms with Gasteiger partial charge in [-0.1, -0.05) is 142 Å². The molecule has 3 aliphatic heterocycles. The van der Waals surface area contributed by atoms with Crippen LogP contribution >= 0.6 is 0 Å². The van der Waals surface area contributed by atoms with Crippen molar-refractivity contribution >= 4 is 5.91 Å². The van der Waals surface area contributed by atoms with Crippen LogP contribution in [0.25, 0.3) is 0 Å². The molecule has 0 aromatic carbocycles. The average Bonchev–Trinajstić information content (AvgIpc) is 3.31. The number of carbonyl (C=O) groups excluding carboxylic acids is 1. The summed E-state index contributed by atoms with van der Waals surface area (Å²) in [6, 6.07) is -0.876. The molecule has 0 spiro atoms. The van der Waals surface area contributed by atoms with Gasteiger partial charge in [-0.05, 0) is 12.8 Å². The lowest BCUT2D eigenvalue weighted by atomic mass is 9.96. The molecule has 0 saturated carbocycles. The standard InChI is InChI=1S/C47H89NO18/c1-3-5-7-9-11-13-15-17-19-21-23-25-35(53)48-30(31(52)24-22-20-18-16-14-12-10-8-6-4-2)29-61-45-41(59)38(56)43(33(27-50)63-45)66-47-42(60)39(57)44(34(28-51)64-47)65-46-40(58)37(55)36(54)32(26-49)62-46/h30-34,36-47,49-52,54-60H,3-29H2,1-2H3,(H,48,53). The highest BCUT2D eigenvalue weighted by molar-refractivity contribution is 5.76. The van der Waals surface area contributed by atoms with Gasteiger partial charge >= 0.3 is 0 Å². The molecule has 19 nitrogen and oxygen atoms in total. The zero-order valence-corrected chi connectivity index (χ0v) is 39.7. The summed E-state index contributed by atoms with van der Waals surface area (Å²) in [5, 5.41) is 119. The minimum Gasteiger partial charge on any atom is -0.394 e. The monoisotopic (exact) mass is 956 g/mol. The highest BCUT2D eigenvalue weighted by Gasteiger charge is 2.53. The first-order chi connectivity index (χ1) is 31.8. The number of rotatable bonds is 35. The number of hydrogen-bond donors (Lipinski definition) is 12. The zero-order chi connectivity index (χ0) is 48.4. The van der Waals surface area contributed by atoms with Crippen molar-refractivity contribution in [2.45, 2.75) is 266 Å². The van der Waals surface area contributed by atoms with Crippen molar-refractivity contribution in [2.24, 2.45) is 0 Å². The summed E-state index contributed by atoms with van der Waals surface area (Å²) in [4.78, 5) is 13.2. The average molecular weight is 956 g/mol. The number of aliphatic hydroxyl groups is 11. The van der Waals surface area contributed by atoms with Crippen LogP contribution in [0, 0.1) is 0 Å². The number of carbonyl (C=O) groups is 1. The van der Waals surface area contributed by atoms with Gasteiger partial charge in [0.25, 0.3) is 0 Å². The molecule has 1 amide bonds. The summed E-state index contributed by atoms with van der Waals surface area (Å²) < 4.78 is 34.1. The van der Waals surface area contributed by atoms with E-state index in [1.807, 2.05) is 0 Å². The second kappa shape index (κ2) is 33.4. The molecule has 17 atom stereocenters. The first kappa shape index (κ1) is 59.1. The zero-order valence-electron chi connectivity index (χ0n) is 39.7. The van der Waals surface area contributed by atoms with Gasteiger partial charge in [0, 0.05) is 6.42 Å². The van der Waals surface area contributed by atoms with Crippen LogP contribution in [0.1, 0.15) is 162 Å². The van der Waals surface area contributed by atoms with Crippen LogP contribution in [0.5, 0.6) is 0 Å². The minimum atomic E-state index is -1.97. The van der Waals surface area contributed by atoms with E-state index in [0.717, 1.165) is 44.9 Å². The lowest BCUT2D eigenvalue weighted by molar-refractivity contribution is -0.379. The van der Waals surface area contributed by atoms with E-state index >= 15 is 0 Å². The summed E-state index contributed by atoms with van der Waals surface area (Å²) in [6.45, 7) is 1.72. The molecule has 0 aromatic heterocycles. The van der Waals surface area contributed by atoms with Gasteiger partial charge < -0.3 is 89.9 Å². The van der Waals surface area contributed by atoms with Gasteiger partial charge in [0.05, 0.1) is 38.6 Å². The molecule has 12 N–H and O–H groups in total. The first-order valence-electron chi connectivity index (χ1n) is 25.3. The lowest BCUT2D eigenvalue weighted by Gasteiger charge is -2.48. The smallest absolute Gasteiger partial charge is 0.220 e. The van der Waals surface area contributed by atoms with Crippen LogP contribution in [-0.4, -0.2) is 193 Å². The van der Waals surface area contributed by atoms with Crippen molar-refractivity contribution in [1.29, 1.82) is 0 Å². The Morgan fingerprint density at radius 2 is 0.864 bits per heavy atom. The van der Waals surface area contributed by atoms with Crippen molar-refractivity contribution in [3.05, 3.63) is 0 Å². The van der Waals surface area contributed by atoms with Crippen LogP contribution in [0.4, 0.5) is 0 Å². The summed E-state index contributed by atoms with van der Waals surface area (Å²) in [6.07, 6.45) is -2.01. The normalized spacial score (nSPS) is 33.7. The van der Waals surface area contributed by atoms with Gasteiger partial charge in [0.15, 0.2) is 18.9 Å². The number of aliphatic hydroxyl groups excluding tert-OH is 11. The third kappa shape index (κ3) is 19.5. The molecule has 66 heavy (non-hydrogen) atoms. The Labute approximate surface area is 392 Å². The topological polar surface area (TPSA) is 307 Å². The number of nitrogens with one attached hydrogen (secondary N) is 1. The van der Waals surface area contributed by atoms with Crippen LogP contribution in [0.2, 0.25) is 0 Å². The van der Waals surface area contributed by atoms with E-state index in [1.54, 1.807) is 0 Å². The van der Waals surface area contributed by atoms with Gasteiger partial charge in [0.2, 0.25) is 5.91 Å². The van der Waals surface area contributed by atoms with Gasteiger partial charge in [-0.3, -0.25) is 4.79 Å². The van der Waals surface area contributed by atoms with Crippen molar-refractivity contribution in [2.75, 3.05) is 26.4 Å². The molecule has 17 unspecified atom stereocenters. The molecule has 0 aromatic rings. The Morgan fingerprint density at radius 3 is 1.32 bits per heavy atom. The van der Waals surface area contributed by atoms with Crippen LogP contribution in [0.3, 0.4) is 0 Å². The lowest BCUT2D eigenvalue weighted by Crippen LogP contribution is -2.66. The van der Waals surface area contributed by atoms with Gasteiger partial charge in [-0.2, -0.15) is 0 Å². The second-order valence-electron chi connectivity index (χ2n) is 18.6. The fourth-order valence-corrected chi connectivity index (χ4v) is 8.90. The first-order valence-corrected chi connectivity index (χ1v) is 25.3. The highest BCUT2D eigenvalue weighted by Crippen LogP contribution is 2.33. The summed E-state index contributed by atoms with van der Waals surface area (Å²) in [5.41, 5.74) is 0. The number of hydrogen-bond acceptors (Lipinski definition) is 18. The molecule has 0 aliphatic carbocycles. The predicted octanol–water partition coefficient (Wildman–Crippen LogP) is 1.31. The molecule has 19 heteroatoms. The van der Waals surface area contributed by atoms with E-state index in [4.69, 9.17) is 28.4 Å². The SMILES string of the molecule is CCCCCCCCCCCCCC(=O)NC(COC1OC(CO)C(OC2OC(CO)C(OC3OC(CO)C(O)C(O)C3O)C(O)C2O)C(O)C1O)C(O)CCCCCCCCCCCC. The van der Waals surface area contributed by atoms with Gasteiger partial charge in [-0.25, -0.2) is 0 Å². The Kier molecular flexibility index (Phi) is 29.9. The van der Waals surface area contributed by atoms with Crippen molar-refractivity contribution in [1.82, 2.24) is 5.32 Å². The maximum absolute atomic E-state index is 13.2. The van der Waals surface area contributed by atoms with Crippen LogP contribution in [0.15, 0.2) is 0 Å². The van der Waals surface area contributed by atoms with Crippen molar-refractivity contribution in [3.8, 4) is 0 Å². The third-order valence-corrected chi connectivity index (χ3v) is 13.2. The van der Waals surface area contributed by atoms with E-state index < -0.39 is 124 Å². The van der Waals surface area contributed by atoms with Gasteiger partial charge in [-0.15, -0.1) is 0 Å². The molecule has 3 rings (SSSR count). The quantitative estimate of drug-likeness (QED) is 0.0399. The molecule has 0 radical (unpaired) electrons. The molecular weight excluding hydrogens is 867 g/mol. The second-order valence-corrected chi connectivity index (χ2v) is 18.6. The highest BCUT2D eigenvalue weighted by atomic mass is 16.8. The van der Waals surface area contributed by atoms with Crippen LogP contribution in [-0.2, 0) is 33.2 Å². The van der Waals surface area contributed by atoms with Gasteiger partial charge in [0.1, 0.15) is 73.2 Å². The molecule has 390 valence electrons. The van der Waals surface area contributed by atoms with E-state index in [2.05, 4.69) is 19.2 Å². The fraction of sp³-hybridized carbons (Fsp3) is 0.979. The van der Waals surface area contributed by atoms with Crippen molar-refractivity contribution in [3.63, 3.8) is 0 Å². The summed E-state index contributed by atoms with van der Waals surface area (Å²) in [7, 11) is 0. The van der Waals surface area contributed by atoms with E-state index in [9.17, 15) is 61.0 Å². The predicted molar refractivity (Wildman–Crippen MR) is 240 cm³/mol. The Morgan fingerprint density at radius 1 is 0.485 bits per heavy atom. The fourth-order valence-electron chi connectivity index (χ4n) is 8.90. The Hall–Kier alpha value is -1.21. The molecule has 0 bridgehead atoms. The summed E-state index contributed by atoms with van der Waals surface area (Å²) in [5.74, 6) is -0.247. The number of ether oxygens (including phenoxy) is 6. The van der Waals surface area contributed by atoms with Crippen LogP contribution < -0.4 is 5.32 Å². The summed E-state index contributed by atoms with van der Waals surface area (Å²) >= 11 is 0. The molecule has 3 heterocycles. The molecule has 3 saturated heterocycles. The molecular formula is C47H89NO18. The molecule has 3 fully saturated rings. The number of unbranched alkanes of at least 4 members (excludes halogenated alkanes) is 19. The Bertz CT molecular complexity index is 1240. The van der Waals surface area contributed by atoms with E-state index in [1.165, 1.54) is 83.5 Å². The van der Waals surface area contributed by atoms with E-state index in [-0.39, 0.29) is 18.9 Å². The Balaban J connectivity index is 1.56. The minimum absolute atomic E-state index is 0.247. The van der Waals surface area contributed by atoms with E-state index in [0.29, 0.717) is 12.8 Å². The third-order valence-electron chi connectivity index (χ3n) is 13.2. The largest absolute Gasteiger partial charge is 0.394 e.